The van der Waals surface area contributed by atoms with Crippen molar-refractivity contribution in [1.29, 1.82) is 0 Å². The van der Waals surface area contributed by atoms with Crippen LogP contribution in [0.4, 0.5) is 0 Å². The maximum absolute atomic E-state index is 6.15. The van der Waals surface area contributed by atoms with Crippen LogP contribution in [-0.2, 0) is 12.4 Å². The molecule has 0 N–H and O–H groups in total. The van der Waals surface area contributed by atoms with E-state index in [1.807, 2.05) is 38.1 Å². The Bertz CT molecular complexity index is 900. The summed E-state index contributed by atoms with van der Waals surface area (Å²) in [4.78, 5) is 4.42. The molecule has 0 aliphatic heterocycles. The minimum absolute atomic E-state index is 0.338. The van der Waals surface area contributed by atoms with E-state index in [2.05, 4.69) is 19.7 Å². The summed E-state index contributed by atoms with van der Waals surface area (Å²) in [5.74, 6) is 3.67. The molecule has 2 aromatic heterocycles. The molecule has 1 aromatic carbocycles. The molecule has 0 saturated heterocycles. The Hall–Kier alpha value is -1.99. The number of para-hydroxylation sites is 1. The van der Waals surface area contributed by atoms with Gasteiger partial charge in [0.2, 0.25) is 5.89 Å². The fourth-order valence-corrected chi connectivity index (χ4v) is 3.69. The van der Waals surface area contributed by atoms with E-state index in [1.54, 1.807) is 11.8 Å². The molecule has 0 unspecified atom stereocenters. The average Bonchev–Trinajstić information content (AvgIpc) is 3.30. The zero-order valence-electron chi connectivity index (χ0n) is 14.6. The van der Waals surface area contributed by atoms with E-state index < -0.39 is 0 Å². The van der Waals surface area contributed by atoms with Gasteiger partial charge in [-0.3, -0.25) is 4.57 Å². The van der Waals surface area contributed by atoms with E-state index >= 15 is 0 Å². The minimum atomic E-state index is 0.338. The lowest BCUT2D eigenvalue weighted by Gasteiger charge is -2.10. The van der Waals surface area contributed by atoms with Crippen molar-refractivity contribution < 1.29 is 9.15 Å². The van der Waals surface area contributed by atoms with E-state index in [9.17, 15) is 0 Å². The Kier molecular flexibility index (Phi) is 4.91. The van der Waals surface area contributed by atoms with Crippen molar-refractivity contribution in [3.8, 4) is 5.75 Å². The molecule has 26 heavy (non-hydrogen) atoms. The Morgan fingerprint density at radius 2 is 2.08 bits per heavy atom. The lowest BCUT2D eigenvalue weighted by Crippen LogP contribution is -2.07. The summed E-state index contributed by atoms with van der Waals surface area (Å²) >= 11 is 7.74. The second-order valence-corrected chi connectivity index (χ2v) is 7.61. The number of hydrogen-bond donors (Lipinski definition) is 0. The normalized spacial score (nSPS) is 14.0. The van der Waals surface area contributed by atoms with Gasteiger partial charge in [-0.15, -0.1) is 10.2 Å². The van der Waals surface area contributed by atoms with Crippen LogP contribution in [0.3, 0.4) is 0 Å². The molecule has 0 spiro atoms. The molecule has 1 saturated carbocycles. The van der Waals surface area contributed by atoms with E-state index in [0.29, 0.717) is 35.1 Å². The van der Waals surface area contributed by atoms with Gasteiger partial charge in [-0.25, -0.2) is 4.98 Å². The summed E-state index contributed by atoms with van der Waals surface area (Å²) in [5.41, 5.74) is 0.929. The molecule has 1 fully saturated rings. The minimum Gasteiger partial charge on any atom is -0.484 e. The maximum atomic E-state index is 6.15. The first-order valence-corrected chi connectivity index (χ1v) is 9.85. The van der Waals surface area contributed by atoms with Crippen LogP contribution >= 0.6 is 23.4 Å². The molecular formula is C18H19ClN4O2S. The van der Waals surface area contributed by atoms with E-state index in [0.717, 1.165) is 35.3 Å². The molecule has 0 amide bonds. The van der Waals surface area contributed by atoms with Crippen LogP contribution in [0.25, 0.3) is 0 Å². The van der Waals surface area contributed by atoms with E-state index in [4.69, 9.17) is 20.8 Å². The quantitative estimate of drug-likeness (QED) is 0.543. The smallest absolute Gasteiger partial charge is 0.205 e. The summed E-state index contributed by atoms with van der Waals surface area (Å²) in [6.45, 7) is 4.21. The predicted octanol–water partition coefficient (Wildman–Crippen LogP) is 4.74. The number of halogens is 1. The number of rotatable bonds is 7. The highest BCUT2D eigenvalue weighted by atomic mass is 35.5. The monoisotopic (exact) mass is 390 g/mol. The summed E-state index contributed by atoms with van der Waals surface area (Å²) in [5, 5.41) is 10.1. The van der Waals surface area contributed by atoms with Gasteiger partial charge in [-0.1, -0.05) is 35.5 Å². The number of hydrogen-bond acceptors (Lipinski definition) is 6. The second-order valence-electron chi connectivity index (χ2n) is 6.26. The van der Waals surface area contributed by atoms with Crippen molar-refractivity contribution >= 4 is 23.4 Å². The number of aromatic nitrogens is 4. The average molecular weight is 391 g/mol. The molecule has 8 heteroatoms. The summed E-state index contributed by atoms with van der Waals surface area (Å²) in [6.07, 6.45) is 2.28. The molecule has 0 bridgehead atoms. The van der Waals surface area contributed by atoms with Gasteiger partial charge in [0.15, 0.2) is 11.0 Å². The van der Waals surface area contributed by atoms with Gasteiger partial charge in [-0.2, -0.15) is 0 Å². The highest BCUT2D eigenvalue weighted by Gasteiger charge is 2.30. The van der Waals surface area contributed by atoms with Gasteiger partial charge in [0.05, 0.1) is 16.5 Å². The van der Waals surface area contributed by atoms with E-state index in [-0.39, 0.29) is 0 Å². The number of oxazole rings is 1. The number of ether oxygens (including phenoxy) is 1. The molecule has 0 atom stereocenters. The first kappa shape index (κ1) is 17.4. The van der Waals surface area contributed by atoms with Crippen molar-refractivity contribution in [3.63, 3.8) is 0 Å². The Morgan fingerprint density at radius 1 is 1.27 bits per heavy atom. The molecule has 2 heterocycles. The van der Waals surface area contributed by atoms with Gasteiger partial charge in [-0.05, 0) is 38.8 Å². The van der Waals surface area contributed by atoms with Crippen LogP contribution in [0.1, 0.15) is 42.1 Å². The second kappa shape index (κ2) is 7.32. The topological polar surface area (TPSA) is 66.0 Å². The van der Waals surface area contributed by atoms with Crippen LogP contribution < -0.4 is 4.74 Å². The van der Waals surface area contributed by atoms with Crippen LogP contribution in [0.15, 0.2) is 33.8 Å². The fourth-order valence-electron chi connectivity index (χ4n) is 2.64. The van der Waals surface area contributed by atoms with Crippen LogP contribution in [0.2, 0.25) is 5.02 Å². The lowest BCUT2D eigenvalue weighted by atomic mass is 10.3. The Morgan fingerprint density at radius 3 is 2.77 bits per heavy atom. The molecule has 3 aromatic rings. The Labute approximate surface area is 160 Å². The molecular weight excluding hydrogens is 372 g/mol. The zero-order valence-corrected chi connectivity index (χ0v) is 16.2. The summed E-state index contributed by atoms with van der Waals surface area (Å²) < 4.78 is 13.7. The van der Waals surface area contributed by atoms with Crippen molar-refractivity contribution in [2.24, 2.45) is 0 Å². The predicted molar refractivity (Wildman–Crippen MR) is 99.6 cm³/mol. The van der Waals surface area contributed by atoms with Crippen LogP contribution in [0, 0.1) is 13.8 Å². The fraction of sp³-hybridized carbons (Fsp3) is 0.389. The third-order valence-corrected chi connectivity index (χ3v) is 5.48. The molecule has 6 nitrogen and oxygen atoms in total. The number of aryl methyl sites for hydroxylation is 2. The zero-order chi connectivity index (χ0) is 18.1. The highest BCUT2D eigenvalue weighted by Crippen LogP contribution is 2.39. The van der Waals surface area contributed by atoms with Crippen molar-refractivity contribution in [3.05, 3.63) is 52.5 Å². The van der Waals surface area contributed by atoms with Crippen LogP contribution in [0.5, 0.6) is 5.75 Å². The standard InChI is InChI=1S/C18H19ClN4O2S/c1-11-12(2)25-17(20-11)10-26-18-22-21-16(23(18)13-7-8-13)9-24-15-6-4-3-5-14(15)19/h3-6,13H,7-10H2,1-2H3. The maximum Gasteiger partial charge on any atom is 0.205 e. The SMILES string of the molecule is Cc1nc(CSc2nnc(COc3ccccc3Cl)n2C2CC2)oc1C. The van der Waals surface area contributed by atoms with Crippen molar-refractivity contribution in [2.45, 2.75) is 50.2 Å². The molecule has 136 valence electrons. The third-order valence-electron chi connectivity index (χ3n) is 4.24. The van der Waals surface area contributed by atoms with Gasteiger partial charge >= 0.3 is 0 Å². The summed E-state index contributed by atoms with van der Waals surface area (Å²) in [7, 11) is 0. The molecule has 0 radical (unpaired) electrons. The number of thioether (sulfide) groups is 1. The molecule has 1 aliphatic rings. The summed E-state index contributed by atoms with van der Waals surface area (Å²) in [6, 6.07) is 7.88. The van der Waals surface area contributed by atoms with E-state index in [1.165, 1.54) is 0 Å². The first-order valence-electron chi connectivity index (χ1n) is 8.48. The lowest BCUT2D eigenvalue weighted by molar-refractivity contribution is 0.288. The molecule has 4 rings (SSSR count). The first-order chi connectivity index (χ1) is 12.6. The van der Waals surface area contributed by atoms with Gasteiger partial charge in [0, 0.05) is 6.04 Å². The third kappa shape index (κ3) is 3.73. The Balaban J connectivity index is 1.47. The van der Waals surface area contributed by atoms with Crippen molar-refractivity contribution in [1.82, 2.24) is 19.7 Å². The highest BCUT2D eigenvalue weighted by molar-refractivity contribution is 7.98. The number of benzene rings is 1. The van der Waals surface area contributed by atoms with Crippen LogP contribution in [-0.4, -0.2) is 19.7 Å². The van der Waals surface area contributed by atoms with Gasteiger partial charge in [0.25, 0.3) is 0 Å². The number of nitrogens with zero attached hydrogens (tertiary/aromatic N) is 4. The molecule has 1 aliphatic carbocycles. The van der Waals surface area contributed by atoms with Gasteiger partial charge in [0.1, 0.15) is 18.1 Å². The van der Waals surface area contributed by atoms with Crippen molar-refractivity contribution in [2.75, 3.05) is 0 Å². The largest absolute Gasteiger partial charge is 0.484 e. The van der Waals surface area contributed by atoms with Gasteiger partial charge < -0.3 is 9.15 Å².